The number of anilines is 3. The van der Waals surface area contributed by atoms with Gasteiger partial charge in [0.05, 0.1) is 0 Å². The van der Waals surface area contributed by atoms with Crippen molar-refractivity contribution in [3.05, 3.63) is 29.3 Å². The molecule has 2 heterocycles. The van der Waals surface area contributed by atoms with E-state index in [1.54, 1.807) is 19.2 Å². The van der Waals surface area contributed by atoms with Gasteiger partial charge >= 0.3 is 6.01 Å². The van der Waals surface area contributed by atoms with E-state index in [4.69, 9.17) is 4.74 Å². The van der Waals surface area contributed by atoms with Gasteiger partial charge in [0.25, 0.3) is 5.91 Å². The van der Waals surface area contributed by atoms with Crippen molar-refractivity contribution in [3.8, 4) is 6.01 Å². The third-order valence-corrected chi connectivity index (χ3v) is 4.92. The Balaban J connectivity index is 1.92. The summed E-state index contributed by atoms with van der Waals surface area (Å²) in [6.45, 7) is 10.9. The lowest BCUT2D eigenvalue weighted by atomic mass is 9.96. The number of hydrogen-bond acceptors (Lipinski definition) is 8. The molecule has 0 spiro atoms. The van der Waals surface area contributed by atoms with Gasteiger partial charge in [-0.3, -0.25) is 4.79 Å². The lowest BCUT2D eigenvalue weighted by Gasteiger charge is -2.27. The fourth-order valence-electron chi connectivity index (χ4n) is 3.45. The number of benzene rings is 1. The van der Waals surface area contributed by atoms with Crippen LogP contribution in [0.4, 0.5) is 17.6 Å². The highest BCUT2D eigenvalue weighted by molar-refractivity contribution is 5.95. The predicted molar refractivity (Wildman–Crippen MR) is 122 cm³/mol. The number of nitrogens with zero attached hydrogens (tertiary/aromatic N) is 4. The van der Waals surface area contributed by atoms with Crippen LogP contribution in [-0.4, -0.2) is 60.7 Å². The van der Waals surface area contributed by atoms with Gasteiger partial charge in [0, 0.05) is 38.4 Å². The van der Waals surface area contributed by atoms with E-state index in [0.717, 1.165) is 37.3 Å². The molecule has 1 aromatic carbocycles. The highest BCUT2D eigenvalue weighted by Gasteiger charge is 2.21. The minimum absolute atomic E-state index is 0.0364. The highest BCUT2D eigenvalue weighted by Crippen LogP contribution is 2.24. The molecular weight excluding hydrogens is 394 g/mol. The Labute approximate surface area is 184 Å². The molecule has 9 heteroatoms. The number of aromatic nitrogens is 3. The van der Waals surface area contributed by atoms with Gasteiger partial charge in [-0.2, -0.15) is 15.0 Å². The lowest BCUT2D eigenvalue weighted by Crippen LogP contribution is -2.31. The van der Waals surface area contributed by atoms with Crippen molar-refractivity contribution < 1.29 is 9.53 Å². The second-order valence-corrected chi connectivity index (χ2v) is 9.12. The molecule has 2 aromatic rings. The molecule has 1 aliphatic heterocycles. The molecule has 1 atom stereocenters. The van der Waals surface area contributed by atoms with Gasteiger partial charge in [0.15, 0.2) is 0 Å². The monoisotopic (exact) mass is 427 g/mol. The van der Waals surface area contributed by atoms with Gasteiger partial charge in [-0.1, -0.05) is 26.8 Å². The van der Waals surface area contributed by atoms with Gasteiger partial charge in [-0.15, -0.1) is 0 Å². The van der Waals surface area contributed by atoms with E-state index in [1.807, 2.05) is 24.9 Å². The summed E-state index contributed by atoms with van der Waals surface area (Å²) in [5.74, 6) is 0.763. The van der Waals surface area contributed by atoms with Gasteiger partial charge in [-0.25, -0.2) is 0 Å². The lowest BCUT2D eigenvalue weighted by molar-refractivity contribution is 0.0963. The molecule has 31 heavy (non-hydrogen) atoms. The number of hydrogen-bond donors (Lipinski definition) is 3. The molecule has 1 saturated heterocycles. The average Bonchev–Trinajstić information content (AvgIpc) is 3.20. The zero-order valence-corrected chi connectivity index (χ0v) is 19.2. The van der Waals surface area contributed by atoms with Crippen LogP contribution in [0, 0.1) is 12.3 Å². The fraction of sp³-hybridized carbons (Fsp3) is 0.545. The van der Waals surface area contributed by atoms with Crippen LogP contribution < -0.4 is 25.6 Å². The van der Waals surface area contributed by atoms with Crippen LogP contribution in [0.2, 0.25) is 0 Å². The first-order valence-corrected chi connectivity index (χ1v) is 10.6. The minimum Gasteiger partial charge on any atom is -0.459 e. The van der Waals surface area contributed by atoms with E-state index in [9.17, 15) is 4.79 Å². The standard InChI is InChI=1S/C22H33N7O2/c1-14-7-8-15(18(30)23-5)11-17(14)25-19-26-20(29(6)13-22(2,3)4)28-21(27-19)31-16-9-10-24-12-16/h7-8,11,16,24H,9-10,12-13H2,1-6H3,(H,23,30)(H,25,26,27,28)/t16-/m1/s1. The van der Waals surface area contributed by atoms with Gasteiger partial charge in [0.2, 0.25) is 11.9 Å². The molecule has 1 aromatic heterocycles. The van der Waals surface area contributed by atoms with Crippen LogP contribution >= 0.6 is 0 Å². The molecule has 168 valence electrons. The molecule has 0 unspecified atom stereocenters. The van der Waals surface area contributed by atoms with Crippen molar-refractivity contribution in [2.45, 2.75) is 40.2 Å². The number of aryl methyl sites for hydroxylation is 1. The summed E-state index contributed by atoms with van der Waals surface area (Å²) in [5, 5.41) is 9.18. The van der Waals surface area contributed by atoms with Gasteiger partial charge in [0.1, 0.15) is 6.10 Å². The molecule has 0 aliphatic carbocycles. The third kappa shape index (κ3) is 6.27. The van der Waals surface area contributed by atoms with E-state index in [0.29, 0.717) is 23.5 Å². The number of rotatable bonds is 7. The molecule has 0 bridgehead atoms. The summed E-state index contributed by atoms with van der Waals surface area (Å²) in [4.78, 5) is 27.7. The molecule has 3 N–H and O–H groups in total. The predicted octanol–water partition coefficient (Wildman–Crippen LogP) is 2.51. The highest BCUT2D eigenvalue weighted by atomic mass is 16.5. The first-order valence-electron chi connectivity index (χ1n) is 10.6. The molecule has 0 saturated carbocycles. The van der Waals surface area contributed by atoms with Crippen LogP contribution in [0.5, 0.6) is 6.01 Å². The number of carbonyl (C=O) groups is 1. The number of amides is 1. The second kappa shape index (κ2) is 9.47. The SMILES string of the molecule is CNC(=O)c1ccc(C)c(Nc2nc(O[C@@H]3CCNC3)nc(N(C)CC(C)(C)C)n2)c1. The van der Waals surface area contributed by atoms with E-state index >= 15 is 0 Å². The summed E-state index contributed by atoms with van der Waals surface area (Å²) in [5.41, 5.74) is 2.36. The average molecular weight is 428 g/mol. The number of nitrogens with one attached hydrogen (secondary N) is 3. The van der Waals surface area contributed by atoms with E-state index in [1.165, 1.54) is 0 Å². The van der Waals surface area contributed by atoms with Crippen LogP contribution in [0.1, 0.15) is 43.1 Å². The smallest absolute Gasteiger partial charge is 0.323 e. The first kappa shape index (κ1) is 22.7. The van der Waals surface area contributed by atoms with Crippen molar-refractivity contribution in [1.82, 2.24) is 25.6 Å². The molecule has 1 amide bonds. The fourth-order valence-corrected chi connectivity index (χ4v) is 3.45. The zero-order valence-electron chi connectivity index (χ0n) is 19.2. The minimum atomic E-state index is -0.151. The molecule has 0 radical (unpaired) electrons. The third-order valence-electron chi connectivity index (χ3n) is 4.92. The summed E-state index contributed by atoms with van der Waals surface area (Å²) in [6.07, 6.45) is 0.948. The maximum Gasteiger partial charge on any atom is 0.323 e. The Kier molecular flexibility index (Phi) is 6.94. The van der Waals surface area contributed by atoms with E-state index in [-0.39, 0.29) is 17.4 Å². The van der Waals surface area contributed by atoms with Gasteiger partial charge < -0.3 is 25.6 Å². The Bertz CT molecular complexity index is 921. The van der Waals surface area contributed by atoms with Crippen molar-refractivity contribution in [2.75, 3.05) is 43.9 Å². The maximum atomic E-state index is 12.0. The zero-order chi connectivity index (χ0) is 22.6. The topological polar surface area (TPSA) is 104 Å². The molecule has 1 aliphatic rings. The van der Waals surface area contributed by atoms with Crippen LogP contribution in [0.3, 0.4) is 0 Å². The Hall–Kier alpha value is -2.94. The summed E-state index contributed by atoms with van der Waals surface area (Å²) in [7, 11) is 3.57. The van der Waals surface area contributed by atoms with Crippen molar-refractivity contribution in [2.24, 2.45) is 5.41 Å². The summed E-state index contributed by atoms with van der Waals surface area (Å²) in [6, 6.07) is 5.76. The number of carbonyl (C=O) groups excluding carboxylic acids is 1. The Morgan fingerprint density at radius 2 is 2.06 bits per heavy atom. The van der Waals surface area contributed by atoms with Crippen molar-refractivity contribution in [3.63, 3.8) is 0 Å². The number of ether oxygens (including phenoxy) is 1. The maximum absolute atomic E-state index is 12.0. The first-order chi connectivity index (χ1) is 14.6. The molecule has 1 fully saturated rings. The van der Waals surface area contributed by atoms with Crippen molar-refractivity contribution >= 4 is 23.5 Å². The summed E-state index contributed by atoms with van der Waals surface area (Å²) >= 11 is 0. The van der Waals surface area contributed by atoms with Crippen LogP contribution in [-0.2, 0) is 0 Å². The Morgan fingerprint density at radius 1 is 1.29 bits per heavy atom. The van der Waals surface area contributed by atoms with Crippen molar-refractivity contribution in [1.29, 1.82) is 0 Å². The largest absolute Gasteiger partial charge is 0.459 e. The van der Waals surface area contributed by atoms with E-state index < -0.39 is 0 Å². The van der Waals surface area contributed by atoms with Crippen LogP contribution in [0.25, 0.3) is 0 Å². The summed E-state index contributed by atoms with van der Waals surface area (Å²) < 4.78 is 6.03. The van der Waals surface area contributed by atoms with Gasteiger partial charge in [-0.05, 0) is 43.0 Å². The van der Waals surface area contributed by atoms with E-state index in [2.05, 4.69) is 51.7 Å². The normalized spacial score (nSPS) is 16.1. The Morgan fingerprint density at radius 3 is 2.71 bits per heavy atom. The second-order valence-electron chi connectivity index (χ2n) is 9.12. The quantitative estimate of drug-likeness (QED) is 0.619. The molecule has 9 nitrogen and oxygen atoms in total. The molecular formula is C22H33N7O2. The molecule has 3 rings (SSSR count). The van der Waals surface area contributed by atoms with Crippen LogP contribution in [0.15, 0.2) is 18.2 Å².